The first kappa shape index (κ1) is 12.2. The Kier molecular flexibility index (Phi) is 6.02. The Morgan fingerprint density at radius 3 is 2.60 bits per heavy atom. The third kappa shape index (κ3) is 4.93. The number of carbonyl (C=O) groups is 1. The SMILES string of the molecule is O=C(CCC/C=C\CBr)c1ccccc1. The molecule has 1 aromatic rings. The molecule has 0 radical (unpaired) electrons. The zero-order valence-corrected chi connectivity index (χ0v) is 10.2. The van der Waals surface area contributed by atoms with Gasteiger partial charge in [0, 0.05) is 17.3 Å². The minimum absolute atomic E-state index is 0.239. The molecule has 2 heteroatoms. The summed E-state index contributed by atoms with van der Waals surface area (Å²) in [5.41, 5.74) is 0.821. The summed E-state index contributed by atoms with van der Waals surface area (Å²) >= 11 is 3.31. The number of carbonyl (C=O) groups excluding carboxylic acids is 1. The van der Waals surface area contributed by atoms with Gasteiger partial charge < -0.3 is 0 Å². The molecular formula is C13H15BrO. The Hall–Kier alpha value is -0.890. The average Bonchev–Trinajstić information content (AvgIpc) is 2.30. The van der Waals surface area contributed by atoms with E-state index in [1.54, 1.807) is 0 Å². The monoisotopic (exact) mass is 266 g/mol. The third-order valence-corrected chi connectivity index (χ3v) is 2.50. The van der Waals surface area contributed by atoms with Crippen LogP contribution in [0.2, 0.25) is 0 Å². The molecule has 0 spiro atoms. The highest BCUT2D eigenvalue weighted by molar-refractivity contribution is 9.09. The molecule has 0 aliphatic heterocycles. The lowest BCUT2D eigenvalue weighted by Crippen LogP contribution is -1.97. The molecule has 0 saturated carbocycles. The van der Waals surface area contributed by atoms with Gasteiger partial charge in [0.25, 0.3) is 0 Å². The molecule has 0 aliphatic rings. The number of benzene rings is 1. The first-order valence-corrected chi connectivity index (χ1v) is 6.26. The predicted molar refractivity (Wildman–Crippen MR) is 67.6 cm³/mol. The summed E-state index contributed by atoms with van der Waals surface area (Å²) in [5, 5.41) is 0.889. The number of halogens is 1. The summed E-state index contributed by atoms with van der Waals surface area (Å²) in [6.45, 7) is 0. The Balaban J connectivity index is 2.28. The van der Waals surface area contributed by atoms with Crippen LogP contribution in [0.3, 0.4) is 0 Å². The summed E-state index contributed by atoms with van der Waals surface area (Å²) in [5.74, 6) is 0.239. The highest BCUT2D eigenvalue weighted by atomic mass is 79.9. The van der Waals surface area contributed by atoms with Crippen LogP contribution in [0.5, 0.6) is 0 Å². The summed E-state index contributed by atoms with van der Waals surface area (Å²) in [7, 11) is 0. The molecule has 0 unspecified atom stereocenters. The molecule has 0 heterocycles. The Labute approximate surface area is 99.3 Å². The van der Waals surface area contributed by atoms with Crippen molar-refractivity contribution in [3.63, 3.8) is 0 Å². The molecule has 15 heavy (non-hydrogen) atoms. The highest BCUT2D eigenvalue weighted by Crippen LogP contribution is 2.06. The van der Waals surface area contributed by atoms with Crippen molar-refractivity contribution < 1.29 is 4.79 Å². The summed E-state index contributed by atoms with van der Waals surface area (Å²) < 4.78 is 0. The molecule has 0 saturated heterocycles. The van der Waals surface area contributed by atoms with E-state index in [1.807, 2.05) is 30.3 Å². The molecule has 0 aliphatic carbocycles. The molecule has 1 nitrogen and oxygen atoms in total. The molecule has 80 valence electrons. The number of allylic oxidation sites excluding steroid dienone is 2. The summed E-state index contributed by atoms with van der Waals surface area (Å²) in [4.78, 5) is 11.6. The second-order valence-electron chi connectivity index (χ2n) is 3.31. The van der Waals surface area contributed by atoms with Crippen molar-refractivity contribution in [3.05, 3.63) is 48.0 Å². The fraction of sp³-hybridized carbons (Fsp3) is 0.308. The van der Waals surface area contributed by atoms with Gasteiger partial charge in [-0.15, -0.1) is 0 Å². The Morgan fingerprint density at radius 2 is 1.93 bits per heavy atom. The van der Waals surface area contributed by atoms with Gasteiger partial charge in [0.05, 0.1) is 0 Å². The smallest absolute Gasteiger partial charge is 0.162 e. The lowest BCUT2D eigenvalue weighted by molar-refractivity contribution is 0.0980. The fourth-order valence-electron chi connectivity index (χ4n) is 1.33. The van der Waals surface area contributed by atoms with Gasteiger partial charge in [0.1, 0.15) is 0 Å². The van der Waals surface area contributed by atoms with Crippen molar-refractivity contribution in [1.29, 1.82) is 0 Å². The number of ketones is 1. The lowest BCUT2D eigenvalue weighted by Gasteiger charge is -1.98. The summed E-state index contributed by atoms with van der Waals surface area (Å²) in [6, 6.07) is 9.47. The highest BCUT2D eigenvalue weighted by Gasteiger charge is 2.02. The van der Waals surface area contributed by atoms with Gasteiger partial charge in [-0.1, -0.05) is 58.4 Å². The van der Waals surface area contributed by atoms with Crippen molar-refractivity contribution in [3.8, 4) is 0 Å². The van der Waals surface area contributed by atoms with Gasteiger partial charge in [-0.2, -0.15) is 0 Å². The van der Waals surface area contributed by atoms with E-state index >= 15 is 0 Å². The number of rotatable bonds is 6. The number of Topliss-reactive ketones (excluding diaryl/α,β-unsaturated/α-hetero) is 1. The normalized spacial score (nSPS) is 10.7. The lowest BCUT2D eigenvalue weighted by atomic mass is 10.1. The minimum atomic E-state index is 0.239. The first-order valence-electron chi connectivity index (χ1n) is 5.14. The van der Waals surface area contributed by atoms with Crippen molar-refractivity contribution >= 4 is 21.7 Å². The molecule has 0 N–H and O–H groups in total. The van der Waals surface area contributed by atoms with Crippen LogP contribution in [0.1, 0.15) is 29.6 Å². The quantitative estimate of drug-likeness (QED) is 0.329. The molecule has 1 rings (SSSR count). The maximum absolute atomic E-state index is 11.6. The maximum atomic E-state index is 11.6. The van der Waals surface area contributed by atoms with Crippen LogP contribution < -0.4 is 0 Å². The molecule has 1 aromatic carbocycles. The van der Waals surface area contributed by atoms with Crippen LogP contribution in [0.4, 0.5) is 0 Å². The van der Waals surface area contributed by atoms with E-state index in [2.05, 4.69) is 28.1 Å². The topological polar surface area (TPSA) is 17.1 Å². The van der Waals surface area contributed by atoms with Gasteiger partial charge >= 0.3 is 0 Å². The van der Waals surface area contributed by atoms with Crippen LogP contribution in [0.15, 0.2) is 42.5 Å². The van der Waals surface area contributed by atoms with Gasteiger partial charge in [0.15, 0.2) is 5.78 Å². The molecule has 0 fully saturated rings. The number of hydrogen-bond donors (Lipinski definition) is 0. The Bertz CT molecular complexity index is 317. The number of hydrogen-bond acceptors (Lipinski definition) is 1. The van der Waals surface area contributed by atoms with E-state index in [0.717, 1.165) is 23.7 Å². The fourth-order valence-corrected chi connectivity index (χ4v) is 1.59. The van der Waals surface area contributed by atoms with E-state index in [4.69, 9.17) is 0 Å². The zero-order chi connectivity index (χ0) is 10.9. The van der Waals surface area contributed by atoms with Crippen molar-refractivity contribution in [1.82, 2.24) is 0 Å². The standard InChI is InChI=1S/C13H15BrO/c14-11-7-2-1-6-10-13(15)12-8-4-3-5-9-12/h2-5,7-9H,1,6,10-11H2/b7-2-. The number of unbranched alkanes of at least 4 members (excludes halogenated alkanes) is 1. The largest absolute Gasteiger partial charge is 0.294 e. The molecule has 0 aromatic heterocycles. The molecule has 0 amide bonds. The number of alkyl halides is 1. The van der Waals surface area contributed by atoms with E-state index in [0.29, 0.717) is 6.42 Å². The van der Waals surface area contributed by atoms with Gasteiger partial charge in [-0.3, -0.25) is 4.79 Å². The first-order chi connectivity index (χ1) is 7.34. The zero-order valence-electron chi connectivity index (χ0n) is 8.66. The van der Waals surface area contributed by atoms with E-state index < -0.39 is 0 Å². The second-order valence-corrected chi connectivity index (χ2v) is 3.95. The van der Waals surface area contributed by atoms with Crippen molar-refractivity contribution in [2.75, 3.05) is 5.33 Å². The van der Waals surface area contributed by atoms with Crippen LogP contribution in [0, 0.1) is 0 Å². The minimum Gasteiger partial charge on any atom is -0.294 e. The van der Waals surface area contributed by atoms with Crippen molar-refractivity contribution in [2.24, 2.45) is 0 Å². The molecular weight excluding hydrogens is 252 g/mol. The van der Waals surface area contributed by atoms with Crippen molar-refractivity contribution in [2.45, 2.75) is 19.3 Å². The molecule has 0 atom stereocenters. The maximum Gasteiger partial charge on any atom is 0.162 e. The van der Waals surface area contributed by atoms with Gasteiger partial charge in [0.2, 0.25) is 0 Å². The van der Waals surface area contributed by atoms with Crippen LogP contribution in [0.25, 0.3) is 0 Å². The summed E-state index contributed by atoms with van der Waals surface area (Å²) in [6.07, 6.45) is 6.71. The predicted octanol–water partition coefficient (Wildman–Crippen LogP) is 3.99. The van der Waals surface area contributed by atoms with Crippen LogP contribution in [-0.2, 0) is 0 Å². The average molecular weight is 267 g/mol. The van der Waals surface area contributed by atoms with E-state index in [-0.39, 0.29) is 5.78 Å². The Morgan fingerprint density at radius 1 is 1.20 bits per heavy atom. The van der Waals surface area contributed by atoms with Gasteiger partial charge in [-0.05, 0) is 12.8 Å². The van der Waals surface area contributed by atoms with Crippen LogP contribution in [-0.4, -0.2) is 11.1 Å². The third-order valence-electron chi connectivity index (χ3n) is 2.13. The van der Waals surface area contributed by atoms with E-state index in [1.165, 1.54) is 0 Å². The second kappa shape index (κ2) is 7.41. The van der Waals surface area contributed by atoms with Crippen LogP contribution >= 0.6 is 15.9 Å². The van der Waals surface area contributed by atoms with Gasteiger partial charge in [-0.25, -0.2) is 0 Å². The molecule has 0 bridgehead atoms. The van der Waals surface area contributed by atoms with E-state index in [9.17, 15) is 4.79 Å².